The summed E-state index contributed by atoms with van der Waals surface area (Å²) in [6, 6.07) is 14.6. The van der Waals surface area contributed by atoms with Gasteiger partial charge in [0.25, 0.3) is 11.8 Å². The number of ether oxygens (including phenoxy) is 2. The normalized spacial score (nSPS) is 10.7. The van der Waals surface area contributed by atoms with Gasteiger partial charge in [-0.2, -0.15) is 4.98 Å². The highest BCUT2D eigenvalue weighted by Gasteiger charge is 2.11. The molecule has 27 heavy (non-hydrogen) atoms. The van der Waals surface area contributed by atoms with E-state index < -0.39 is 0 Å². The van der Waals surface area contributed by atoms with Crippen LogP contribution in [-0.2, 0) is 4.79 Å². The van der Waals surface area contributed by atoms with Crippen molar-refractivity contribution >= 4 is 5.91 Å². The quantitative estimate of drug-likeness (QED) is 0.689. The highest BCUT2D eigenvalue weighted by Crippen LogP contribution is 2.25. The summed E-state index contributed by atoms with van der Waals surface area (Å²) in [6.45, 7) is 3.77. The molecule has 3 aromatic rings. The molecule has 7 nitrogen and oxygen atoms in total. The van der Waals surface area contributed by atoms with Crippen molar-refractivity contribution in [3.05, 3.63) is 48.5 Å². The van der Waals surface area contributed by atoms with E-state index in [1.807, 2.05) is 38.1 Å². The Balaban J connectivity index is 1.65. The van der Waals surface area contributed by atoms with Crippen LogP contribution in [0.4, 0.5) is 0 Å². The molecule has 1 N–H and O–H groups in total. The van der Waals surface area contributed by atoms with Crippen molar-refractivity contribution in [1.82, 2.24) is 15.5 Å². The molecule has 2 aromatic carbocycles. The van der Waals surface area contributed by atoms with E-state index in [4.69, 9.17) is 14.0 Å². The lowest BCUT2D eigenvalue weighted by Gasteiger charge is -2.09. The largest absolute Gasteiger partial charge is 0.497 e. The fraction of sp³-hybridized carbons (Fsp3) is 0.250. The molecule has 0 saturated heterocycles. The second-order valence-electron chi connectivity index (χ2n) is 6.19. The van der Waals surface area contributed by atoms with Crippen LogP contribution in [0.15, 0.2) is 53.1 Å². The predicted octanol–water partition coefficient (Wildman–Crippen LogP) is 3.32. The first-order valence-electron chi connectivity index (χ1n) is 8.56. The summed E-state index contributed by atoms with van der Waals surface area (Å²) in [4.78, 5) is 16.0. The molecule has 0 aliphatic heterocycles. The molecule has 0 atom stereocenters. The summed E-state index contributed by atoms with van der Waals surface area (Å²) in [5.41, 5.74) is 1.60. The van der Waals surface area contributed by atoms with Gasteiger partial charge in [0.05, 0.1) is 7.11 Å². The molecule has 0 aliphatic rings. The molecule has 1 amide bonds. The van der Waals surface area contributed by atoms with Crippen molar-refractivity contribution in [2.75, 3.05) is 13.7 Å². The number of methoxy groups -OCH3 is 1. The van der Waals surface area contributed by atoms with Gasteiger partial charge in [0, 0.05) is 17.2 Å². The molecule has 140 valence electrons. The zero-order valence-corrected chi connectivity index (χ0v) is 15.4. The summed E-state index contributed by atoms with van der Waals surface area (Å²) in [5.74, 6) is 2.10. The molecule has 0 spiro atoms. The molecule has 0 radical (unpaired) electrons. The second-order valence-corrected chi connectivity index (χ2v) is 6.19. The van der Waals surface area contributed by atoms with E-state index in [0.717, 1.165) is 16.9 Å². The lowest BCUT2D eigenvalue weighted by molar-refractivity contribution is -0.123. The molecule has 0 fully saturated rings. The van der Waals surface area contributed by atoms with Gasteiger partial charge in [-0.3, -0.25) is 4.79 Å². The summed E-state index contributed by atoms with van der Waals surface area (Å²) in [6.07, 6.45) is 0. The van der Waals surface area contributed by atoms with Crippen LogP contribution < -0.4 is 14.8 Å². The van der Waals surface area contributed by atoms with Gasteiger partial charge in [-0.15, -0.1) is 0 Å². The number of benzene rings is 2. The van der Waals surface area contributed by atoms with Gasteiger partial charge in [-0.25, -0.2) is 0 Å². The number of hydrogen-bond acceptors (Lipinski definition) is 6. The number of carbonyl (C=O) groups excluding carboxylic acids is 1. The SMILES string of the molecule is COc1ccc(-c2noc(-c3ccc(OCC(=O)NC(C)C)cc3)n2)cc1. The minimum atomic E-state index is -0.157. The van der Waals surface area contributed by atoms with E-state index in [1.54, 1.807) is 31.4 Å². The van der Waals surface area contributed by atoms with Gasteiger partial charge >= 0.3 is 0 Å². The van der Waals surface area contributed by atoms with Gasteiger partial charge in [0.1, 0.15) is 11.5 Å². The topological polar surface area (TPSA) is 86.5 Å². The van der Waals surface area contributed by atoms with E-state index >= 15 is 0 Å². The van der Waals surface area contributed by atoms with Crippen molar-refractivity contribution in [1.29, 1.82) is 0 Å². The first-order chi connectivity index (χ1) is 13.0. The monoisotopic (exact) mass is 367 g/mol. The number of carbonyl (C=O) groups is 1. The maximum atomic E-state index is 11.6. The van der Waals surface area contributed by atoms with Gasteiger partial charge in [-0.05, 0) is 62.4 Å². The second kappa shape index (κ2) is 8.35. The number of aromatic nitrogens is 2. The third kappa shape index (κ3) is 4.84. The molecule has 0 saturated carbocycles. The van der Waals surface area contributed by atoms with Crippen molar-refractivity contribution in [3.63, 3.8) is 0 Å². The standard InChI is InChI=1S/C20H21N3O4/c1-13(2)21-18(24)12-26-17-10-6-15(7-11-17)20-22-19(23-27-20)14-4-8-16(25-3)9-5-14/h4-11,13H,12H2,1-3H3,(H,21,24). The van der Waals surface area contributed by atoms with Crippen LogP contribution in [-0.4, -0.2) is 35.8 Å². The Hall–Kier alpha value is -3.35. The van der Waals surface area contributed by atoms with E-state index in [9.17, 15) is 4.79 Å². The number of amides is 1. The zero-order valence-electron chi connectivity index (χ0n) is 15.4. The summed E-state index contributed by atoms with van der Waals surface area (Å²) >= 11 is 0. The molecule has 0 unspecified atom stereocenters. The molecule has 1 aromatic heterocycles. The summed E-state index contributed by atoms with van der Waals surface area (Å²) < 4.78 is 16.0. The Labute approximate surface area is 157 Å². The fourth-order valence-electron chi connectivity index (χ4n) is 2.40. The smallest absolute Gasteiger partial charge is 0.258 e. The van der Waals surface area contributed by atoms with E-state index in [2.05, 4.69) is 15.5 Å². The van der Waals surface area contributed by atoms with Crippen molar-refractivity contribution in [2.24, 2.45) is 0 Å². The number of hydrogen-bond donors (Lipinski definition) is 1. The Kier molecular flexibility index (Phi) is 5.71. The van der Waals surface area contributed by atoms with E-state index in [-0.39, 0.29) is 18.6 Å². The van der Waals surface area contributed by atoms with Crippen LogP contribution in [0.25, 0.3) is 22.8 Å². The average Bonchev–Trinajstić information content (AvgIpc) is 3.16. The highest BCUT2D eigenvalue weighted by molar-refractivity contribution is 5.77. The van der Waals surface area contributed by atoms with Gasteiger partial charge in [0.15, 0.2) is 6.61 Å². The minimum absolute atomic E-state index is 0.0281. The van der Waals surface area contributed by atoms with E-state index in [1.165, 1.54) is 0 Å². The highest BCUT2D eigenvalue weighted by atomic mass is 16.5. The Bertz CT molecular complexity index is 886. The number of nitrogens with zero attached hydrogens (tertiary/aromatic N) is 2. The van der Waals surface area contributed by atoms with Crippen LogP contribution in [0.3, 0.4) is 0 Å². The molecule has 0 aliphatic carbocycles. The summed E-state index contributed by atoms with van der Waals surface area (Å²) in [5, 5.41) is 6.79. The molecule has 0 bridgehead atoms. The Morgan fingerprint density at radius 1 is 1.04 bits per heavy atom. The lowest BCUT2D eigenvalue weighted by Crippen LogP contribution is -2.34. The average molecular weight is 367 g/mol. The van der Waals surface area contributed by atoms with Gasteiger partial charge in [-0.1, -0.05) is 5.16 Å². The minimum Gasteiger partial charge on any atom is -0.497 e. The lowest BCUT2D eigenvalue weighted by atomic mass is 10.2. The van der Waals surface area contributed by atoms with Crippen molar-refractivity contribution in [3.8, 4) is 34.3 Å². The molecule has 3 rings (SSSR count). The van der Waals surface area contributed by atoms with Crippen LogP contribution in [0.2, 0.25) is 0 Å². The molecular formula is C20H21N3O4. The van der Waals surface area contributed by atoms with Gasteiger partial charge in [0.2, 0.25) is 5.82 Å². The third-order valence-corrected chi connectivity index (χ3v) is 3.70. The fourth-order valence-corrected chi connectivity index (χ4v) is 2.40. The van der Waals surface area contributed by atoms with Crippen LogP contribution in [0, 0.1) is 0 Å². The van der Waals surface area contributed by atoms with Crippen molar-refractivity contribution < 1.29 is 18.8 Å². The number of nitrogens with one attached hydrogen (secondary N) is 1. The van der Waals surface area contributed by atoms with Crippen LogP contribution in [0.1, 0.15) is 13.8 Å². The zero-order chi connectivity index (χ0) is 19.2. The Morgan fingerprint density at radius 2 is 1.67 bits per heavy atom. The third-order valence-electron chi connectivity index (χ3n) is 3.70. The van der Waals surface area contributed by atoms with Crippen LogP contribution >= 0.6 is 0 Å². The first kappa shape index (κ1) is 18.4. The van der Waals surface area contributed by atoms with Gasteiger partial charge < -0.3 is 19.3 Å². The van der Waals surface area contributed by atoms with Crippen LogP contribution in [0.5, 0.6) is 11.5 Å². The van der Waals surface area contributed by atoms with Crippen molar-refractivity contribution in [2.45, 2.75) is 19.9 Å². The predicted molar refractivity (Wildman–Crippen MR) is 100 cm³/mol. The first-order valence-corrected chi connectivity index (χ1v) is 8.56. The number of rotatable bonds is 7. The van der Waals surface area contributed by atoms with E-state index in [0.29, 0.717) is 17.5 Å². The molecule has 1 heterocycles. The Morgan fingerprint density at radius 3 is 2.30 bits per heavy atom. The maximum Gasteiger partial charge on any atom is 0.258 e. The molecule has 7 heteroatoms. The molecular weight excluding hydrogens is 346 g/mol. The summed E-state index contributed by atoms with van der Waals surface area (Å²) in [7, 11) is 1.62. The maximum absolute atomic E-state index is 11.6.